The molecule has 1 aromatic rings. The van der Waals surface area contributed by atoms with Crippen LogP contribution in [0, 0.1) is 0 Å². The Morgan fingerprint density at radius 3 is 2.45 bits per heavy atom. The van der Waals surface area contributed by atoms with Gasteiger partial charge in [-0.2, -0.15) is 0 Å². The molecule has 0 fully saturated rings. The highest BCUT2D eigenvalue weighted by Crippen LogP contribution is 2.11. The molecule has 0 unspecified atom stereocenters. The average Bonchev–Trinajstić information content (AvgIpc) is 2.46. The van der Waals surface area contributed by atoms with Gasteiger partial charge in [0.1, 0.15) is 5.75 Å². The number of likely N-dealkylation sites (N-methyl/N-ethyl adjacent to an activating group) is 1. The van der Waals surface area contributed by atoms with E-state index in [9.17, 15) is 4.79 Å². The van der Waals surface area contributed by atoms with Crippen molar-refractivity contribution >= 4 is 5.97 Å². The summed E-state index contributed by atoms with van der Waals surface area (Å²) in [6.07, 6.45) is 0. The highest BCUT2D eigenvalue weighted by molar-refractivity contribution is 5.68. The van der Waals surface area contributed by atoms with Gasteiger partial charge < -0.3 is 20.1 Å². The molecule has 0 atom stereocenters. The van der Waals surface area contributed by atoms with Gasteiger partial charge in [0.15, 0.2) is 6.61 Å². The van der Waals surface area contributed by atoms with Crippen LogP contribution in [0.3, 0.4) is 0 Å². The average molecular weight is 280 g/mol. The summed E-state index contributed by atoms with van der Waals surface area (Å²) in [5.41, 5.74) is 1.16. The normalized spacial score (nSPS) is 10.8. The Labute approximate surface area is 120 Å². The highest BCUT2D eigenvalue weighted by atomic mass is 16.5. The van der Waals surface area contributed by atoms with E-state index < -0.39 is 5.97 Å². The quantitative estimate of drug-likeness (QED) is 0.637. The van der Waals surface area contributed by atoms with Crippen LogP contribution in [0.4, 0.5) is 0 Å². The van der Waals surface area contributed by atoms with E-state index in [2.05, 4.69) is 24.1 Å². The molecule has 0 bridgehead atoms. The molecule has 0 spiro atoms. The van der Waals surface area contributed by atoms with Crippen molar-refractivity contribution in [3.8, 4) is 5.75 Å². The zero-order valence-corrected chi connectivity index (χ0v) is 12.3. The second-order valence-corrected chi connectivity index (χ2v) is 4.53. The molecular weight excluding hydrogens is 256 g/mol. The fourth-order valence-electron chi connectivity index (χ4n) is 1.86. The molecule has 0 aliphatic heterocycles. The van der Waals surface area contributed by atoms with Gasteiger partial charge in [-0.1, -0.05) is 26.0 Å². The molecule has 2 N–H and O–H groups in total. The maximum absolute atomic E-state index is 10.4. The first-order chi connectivity index (χ1) is 9.65. The molecule has 112 valence electrons. The zero-order chi connectivity index (χ0) is 14.8. The monoisotopic (exact) mass is 280 g/mol. The maximum atomic E-state index is 10.4. The van der Waals surface area contributed by atoms with E-state index in [-0.39, 0.29) is 6.61 Å². The van der Waals surface area contributed by atoms with Crippen LogP contribution < -0.4 is 10.1 Å². The van der Waals surface area contributed by atoms with Crippen molar-refractivity contribution in [2.75, 3.05) is 32.8 Å². The van der Waals surface area contributed by atoms with E-state index in [4.69, 9.17) is 9.84 Å². The summed E-state index contributed by atoms with van der Waals surface area (Å²) in [4.78, 5) is 12.8. The van der Waals surface area contributed by atoms with Crippen molar-refractivity contribution in [2.24, 2.45) is 0 Å². The first-order valence-electron chi connectivity index (χ1n) is 7.02. The minimum absolute atomic E-state index is 0.304. The standard InChI is InChI=1S/C15H24N2O3/c1-3-17(4-2)10-9-16-11-13-5-7-14(8-6-13)20-12-15(18)19/h5-8,16H,3-4,9-12H2,1-2H3,(H,18,19). The summed E-state index contributed by atoms with van der Waals surface area (Å²) in [6.45, 7) is 8.99. The van der Waals surface area contributed by atoms with Crippen LogP contribution in [0.5, 0.6) is 5.75 Å². The number of benzene rings is 1. The number of carboxylic acids is 1. The van der Waals surface area contributed by atoms with E-state index in [0.717, 1.165) is 38.3 Å². The summed E-state index contributed by atoms with van der Waals surface area (Å²) < 4.78 is 5.08. The first-order valence-corrected chi connectivity index (χ1v) is 7.02. The Hall–Kier alpha value is -1.59. The number of aliphatic carboxylic acids is 1. The van der Waals surface area contributed by atoms with Crippen LogP contribution in [0.2, 0.25) is 0 Å². The zero-order valence-electron chi connectivity index (χ0n) is 12.3. The highest BCUT2D eigenvalue weighted by Gasteiger charge is 2.00. The van der Waals surface area contributed by atoms with Crippen molar-refractivity contribution in [3.63, 3.8) is 0 Å². The van der Waals surface area contributed by atoms with E-state index in [0.29, 0.717) is 5.75 Å². The number of hydrogen-bond donors (Lipinski definition) is 2. The molecule has 0 heterocycles. The summed E-state index contributed by atoms with van der Waals surface area (Å²) >= 11 is 0. The minimum Gasteiger partial charge on any atom is -0.482 e. The third-order valence-electron chi connectivity index (χ3n) is 3.11. The van der Waals surface area contributed by atoms with Gasteiger partial charge in [0.05, 0.1) is 0 Å². The van der Waals surface area contributed by atoms with Crippen molar-refractivity contribution in [1.29, 1.82) is 0 Å². The third-order valence-corrected chi connectivity index (χ3v) is 3.11. The number of hydrogen-bond acceptors (Lipinski definition) is 4. The molecule has 0 saturated carbocycles. The van der Waals surface area contributed by atoms with Gasteiger partial charge in [0.25, 0.3) is 0 Å². The molecule has 0 aliphatic rings. The predicted molar refractivity (Wildman–Crippen MR) is 79.1 cm³/mol. The lowest BCUT2D eigenvalue weighted by Gasteiger charge is -2.18. The number of ether oxygens (including phenoxy) is 1. The second-order valence-electron chi connectivity index (χ2n) is 4.53. The predicted octanol–water partition coefficient (Wildman–Crippen LogP) is 1.58. The largest absolute Gasteiger partial charge is 0.482 e. The topological polar surface area (TPSA) is 61.8 Å². The SMILES string of the molecule is CCN(CC)CCNCc1ccc(OCC(=O)O)cc1. The van der Waals surface area contributed by atoms with E-state index in [1.165, 1.54) is 0 Å². The molecule has 20 heavy (non-hydrogen) atoms. The van der Waals surface area contributed by atoms with Crippen LogP contribution in [-0.4, -0.2) is 48.8 Å². The lowest BCUT2D eigenvalue weighted by molar-refractivity contribution is -0.139. The Kier molecular flexibility index (Phi) is 7.69. The molecular formula is C15H24N2O3. The van der Waals surface area contributed by atoms with E-state index >= 15 is 0 Å². The lowest BCUT2D eigenvalue weighted by atomic mass is 10.2. The number of carbonyl (C=O) groups is 1. The summed E-state index contributed by atoms with van der Waals surface area (Å²) in [5, 5.41) is 11.9. The number of nitrogens with zero attached hydrogens (tertiary/aromatic N) is 1. The molecule has 0 saturated heterocycles. The maximum Gasteiger partial charge on any atom is 0.341 e. The van der Waals surface area contributed by atoms with Gasteiger partial charge in [-0.25, -0.2) is 4.79 Å². The van der Waals surface area contributed by atoms with Gasteiger partial charge in [-0.3, -0.25) is 0 Å². The van der Waals surface area contributed by atoms with Crippen molar-refractivity contribution in [1.82, 2.24) is 10.2 Å². The summed E-state index contributed by atoms with van der Waals surface area (Å²) in [7, 11) is 0. The molecule has 1 rings (SSSR count). The van der Waals surface area contributed by atoms with Crippen molar-refractivity contribution < 1.29 is 14.6 Å². The van der Waals surface area contributed by atoms with Crippen LogP contribution in [0.25, 0.3) is 0 Å². The number of rotatable bonds is 10. The molecule has 5 nitrogen and oxygen atoms in total. The number of nitrogens with one attached hydrogen (secondary N) is 1. The molecule has 0 aliphatic carbocycles. The van der Waals surface area contributed by atoms with Crippen LogP contribution >= 0.6 is 0 Å². The van der Waals surface area contributed by atoms with Crippen LogP contribution in [0.1, 0.15) is 19.4 Å². The molecule has 0 radical (unpaired) electrons. The van der Waals surface area contributed by atoms with Crippen LogP contribution in [-0.2, 0) is 11.3 Å². The van der Waals surface area contributed by atoms with Gasteiger partial charge in [-0.15, -0.1) is 0 Å². The summed E-state index contributed by atoms with van der Waals surface area (Å²) in [5.74, 6) is -0.383. The molecule has 5 heteroatoms. The van der Waals surface area contributed by atoms with Gasteiger partial charge >= 0.3 is 5.97 Å². The van der Waals surface area contributed by atoms with Gasteiger partial charge in [-0.05, 0) is 30.8 Å². The number of carboxylic acid groups (broad SMARTS) is 1. The Morgan fingerprint density at radius 1 is 1.25 bits per heavy atom. The fourth-order valence-corrected chi connectivity index (χ4v) is 1.86. The fraction of sp³-hybridized carbons (Fsp3) is 0.533. The Bertz CT molecular complexity index is 389. The molecule has 1 aromatic carbocycles. The van der Waals surface area contributed by atoms with E-state index in [1.807, 2.05) is 12.1 Å². The third kappa shape index (κ3) is 6.54. The van der Waals surface area contributed by atoms with E-state index in [1.54, 1.807) is 12.1 Å². The van der Waals surface area contributed by atoms with Gasteiger partial charge in [0.2, 0.25) is 0 Å². The molecule has 0 aromatic heterocycles. The first kappa shape index (κ1) is 16.5. The second kappa shape index (κ2) is 9.34. The smallest absolute Gasteiger partial charge is 0.341 e. The molecule has 0 amide bonds. The Balaban J connectivity index is 2.26. The van der Waals surface area contributed by atoms with Gasteiger partial charge in [0, 0.05) is 19.6 Å². The summed E-state index contributed by atoms with van der Waals surface area (Å²) in [6, 6.07) is 7.48. The van der Waals surface area contributed by atoms with Crippen LogP contribution in [0.15, 0.2) is 24.3 Å². The lowest BCUT2D eigenvalue weighted by Crippen LogP contribution is -2.31. The van der Waals surface area contributed by atoms with Crippen molar-refractivity contribution in [2.45, 2.75) is 20.4 Å². The van der Waals surface area contributed by atoms with Crippen molar-refractivity contribution in [3.05, 3.63) is 29.8 Å². The minimum atomic E-state index is -0.966. The Morgan fingerprint density at radius 2 is 1.90 bits per heavy atom.